The van der Waals surface area contributed by atoms with E-state index in [0.29, 0.717) is 11.2 Å². The van der Waals surface area contributed by atoms with Gasteiger partial charge in [0.05, 0.1) is 11.4 Å². The van der Waals surface area contributed by atoms with Gasteiger partial charge in [0.2, 0.25) is 0 Å². The lowest BCUT2D eigenvalue weighted by molar-refractivity contribution is 0.619. The third-order valence-electron chi connectivity index (χ3n) is 3.66. The standard InChI is InChI=1S/C17H12FN5/c1-11-9-12(4-5-14(11)18)17-13(3-2-8-19-17)15-6-7-16-20-10-21-23(16)22-15/h2-10H,1H3. The maximum atomic E-state index is 13.5. The average Bonchev–Trinajstić information content (AvgIpc) is 3.05. The molecular weight excluding hydrogens is 293 g/mol. The van der Waals surface area contributed by atoms with Gasteiger partial charge in [0.1, 0.15) is 12.1 Å². The molecule has 0 fully saturated rings. The topological polar surface area (TPSA) is 56.0 Å². The molecule has 5 nitrogen and oxygen atoms in total. The van der Waals surface area contributed by atoms with Crippen LogP contribution in [0.5, 0.6) is 0 Å². The van der Waals surface area contributed by atoms with Crippen LogP contribution in [0.1, 0.15) is 5.56 Å². The van der Waals surface area contributed by atoms with Crippen LogP contribution in [-0.4, -0.2) is 24.8 Å². The fourth-order valence-corrected chi connectivity index (χ4v) is 2.50. The quantitative estimate of drug-likeness (QED) is 0.570. The molecule has 4 aromatic rings. The van der Waals surface area contributed by atoms with E-state index in [1.54, 1.807) is 25.3 Å². The lowest BCUT2D eigenvalue weighted by Crippen LogP contribution is -1.98. The largest absolute Gasteiger partial charge is 0.256 e. The molecule has 23 heavy (non-hydrogen) atoms. The zero-order valence-corrected chi connectivity index (χ0v) is 12.3. The molecule has 0 amide bonds. The van der Waals surface area contributed by atoms with Crippen molar-refractivity contribution in [1.82, 2.24) is 24.8 Å². The molecular formula is C17H12FN5. The van der Waals surface area contributed by atoms with E-state index in [0.717, 1.165) is 22.5 Å². The Balaban J connectivity index is 1.90. The van der Waals surface area contributed by atoms with Crippen LogP contribution in [0.25, 0.3) is 28.2 Å². The van der Waals surface area contributed by atoms with E-state index in [9.17, 15) is 4.39 Å². The van der Waals surface area contributed by atoms with Gasteiger partial charge in [0.25, 0.3) is 0 Å². The summed E-state index contributed by atoms with van der Waals surface area (Å²) in [5.41, 5.74) is 4.45. The molecule has 3 heterocycles. The number of aromatic nitrogens is 5. The molecule has 0 atom stereocenters. The fourth-order valence-electron chi connectivity index (χ4n) is 2.50. The second kappa shape index (κ2) is 5.24. The zero-order chi connectivity index (χ0) is 15.8. The van der Waals surface area contributed by atoms with Crippen LogP contribution in [0.2, 0.25) is 0 Å². The highest BCUT2D eigenvalue weighted by atomic mass is 19.1. The normalized spacial score (nSPS) is 11.0. The predicted octanol–water partition coefficient (Wildman–Crippen LogP) is 3.30. The molecule has 0 aliphatic heterocycles. The minimum absolute atomic E-state index is 0.228. The molecule has 4 rings (SSSR count). The molecule has 0 radical (unpaired) electrons. The molecule has 0 aliphatic carbocycles. The number of hydrogen-bond donors (Lipinski definition) is 0. The Kier molecular flexibility index (Phi) is 3.08. The van der Waals surface area contributed by atoms with Crippen LogP contribution in [-0.2, 0) is 0 Å². The maximum absolute atomic E-state index is 13.5. The molecule has 0 saturated carbocycles. The van der Waals surface area contributed by atoms with E-state index in [1.807, 2.05) is 24.3 Å². The highest BCUT2D eigenvalue weighted by molar-refractivity contribution is 5.79. The van der Waals surface area contributed by atoms with Gasteiger partial charge >= 0.3 is 0 Å². The van der Waals surface area contributed by atoms with Crippen LogP contribution in [0, 0.1) is 12.7 Å². The third-order valence-corrected chi connectivity index (χ3v) is 3.66. The molecule has 0 saturated heterocycles. The van der Waals surface area contributed by atoms with Crippen molar-refractivity contribution in [2.24, 2.45) is 0 Å². The Labute approximate surface area is 131 Å². The maximum Gasteiger partial charge on any atom is 0.176 e. The highest BCUT2D eigenvalue weighted by Gasteiger charge is 2.12. The van der Waals surface area contributed by atoms with Crippen LogP contribution in [0.15, 0.2) is 55.0 Å². The van der Waals surface area contributed by atoms with Gasteiger partial charge < -0.3 is 0 Å². The molecule has 1 aromatic carbocycles. The van der Waals surface area contributed by atoms with Crippen molar-refractivity contribution in [3.63, 3.8) is 0 Å². The first-order valence-electron chi connectivity index (χ1n) is 7.11. The number of pyridine rings is 1. The van der Waals surface area contributed by atoms with Crippen LogP contribution < -0.4 is 0 Å². The molecule has 6 heteroatoms. The van der Waals surface area contributed by atoms with Crippen LogP contribution in [0.4, 0.5) is 4.39 Å². The van der Waals surface area contributed by atoms with Gasteiger partial charge in [-0.15, -0.1) is 14.8 Å². The van der Waals surface area contributed by atoms with Crippen molar-refractivity contribution in [1.29, 1.82) is 0 Å². The second-order valence-electron chi connectivity index (χ2n) is 5.19. The van der Waals surface area contributed by atoms with Gasteiger partial charge in [-0.3, -0.25) is 4.98 Å². The molecule has 112 valence electrons. The Morgan fingerprint density at radius 3 is 2.83 bits per heavy atom. The highest BCUT2D eigenvalue weighted by Crippen LogP contribution is 2.29. The SMILES string of the molecule is Cc1cc(-c2ncccc2-c2ccc3ncnn3n2)ccc1F. The molecule has 3 aromatic heterocycles. The van der Waals surface area contributed by atoms with E-state index in [4.69, 9.17) is 0 Å². The molecule has 0 aliphatic rings. The number of benzene rings is 1. The lowest BCUT2D eigenvalue weighted by atomic mass is 10.0. The first kappa shape index (κ1) is 13.5. The number of fused-ring (bicyclic) bond motifs is 1. The van der Waals surface area contributed by atoms with Gasteiger partial charge in [0.15, 0.2) is 5.65 Å². The predicted molar refractivity (Wildman–Crippen MR) is 84.1 cm³/mol. The Morgan fingerprint density at radius 2 is 1.96 bits per heavy atom. The first-order chi connectivity index (χ1) is 11.2. The van der Waals surface area contributed by atoms with Crippen molar-refractivity contribution in [3.8, 4) is 22.5 Å². The zero-order valence-electron chi connectivity index (χ0n) is 12.3. The van der Waals surface area contributed by atoms with E-state index in [1.165, 1.54) is 17.0 Å². The van der Waals surface area contributed by atoms with Gasteiger partial charge in [-0.25, -0.2) is 9.37 Å². The van der Waals surface area contributed by atoms with Crippen LogP contribution >= 0.6 is 0 Å². The molecule has 0 unspecified atom stereocenters. The van der Waals surface area contributed by atoms with E-state index in [2.05, 4.69) is 20.2 Å². The Hall–Kier alpha value is -3.15. The smallest absolute Gasteiger partial charge is 0.176 e. The summed E-state index contributed by atoms with van der Waals surface area (Å²) in [5, 5.41) is 8.52. The van der Waals surface area contributed by atoms with Crippen molar-refractivity contribution in [2.45, 2.75) is 6.92 Å². The summed E-state index contributed by atoms with van der Waals surface area (Å²) < 4.78 is 15.0. The lowest BCUT2D eigenvalue weighted by Gasteiger charge is -2.09. The van der Waals surface area contributed by atoms with Crippen molar-refractivity contribution < 1.29 is 4.39 Å². The summed E-state index contributed by atoms with van der Waals surface area (Å²) in [6.07, 6.45) is 3.17. The minimum atomic E-state index is -0.228. The molecule has 0 bridgehead atoms. The summed E-state index contributed by atoms with van der Waals surface area (Å²) in [4.78, 5) is 8.54. The van der Waals surface area contributed by atoms with Gasteiger partial charge in [0, 0.05) is 17.3 Å². The van der Waals surface area contributed by atoms with Gasteiger partial charge in [-0.1, -0.05) is 0 Å². The van der Waals surface area contributed by atoms with Crippen molar-refractivity contribution in [3.05, 3.63) is 66.4 Å². The molecule has 0 spiro atoms. The minimum Gasteiger partial charge on any atom is -0.256 e. The molecule has 0 N–H and O–H groups in total. The Bertz CT molecular complexity index is 1010. The monoisotopic (exact) mass is 305 g/mol. The number of hydrogen-bond acceptors (Lipinski definition) is 4. The fraction of sp³-hybridized carbons (Fsp3) is 0.0588. The van der Waals surface area contributed by atoms with E-state index >= 15 is 0 Å². The summed E-state index contributed by atoms with van der Waals surface area (Å²) in [6, 6.07) is 12.5. The van der Waals surface area contributed by atoms with E-state index in [-0.39, 0.29) is 5.82 Å². The van der Waals surface area contributed by atoms with Gasteiger partial charge in [-0.2, -0.15) is 0 Å². The van der Waals surface area contributed by atoms with Crippen LogP contribution in [0.3, 0.4) is 0 Å². The second-order valence-corrected chi connectivity index (χ2v) is 5.19. The van der Waals surface area contributed by atoms with Crippen molar-refractivity contribution >= 4 is 5.65 Å². The third kappa shape index (κ3) is 2.34. The first-order valence-corrected chi connectivity index (χ1v) is 7.11. The van der Waals surface area contributed by atoms with Crippen molar-refractivity contribution in [2.75, 3.05) is 0 Å². The summed E-state index contributed by atoms with van der Waals surface area (Å²) in [5.74, 6) is -0.228. The summed E-state index contributed by atoms with van der Waals surface area (Å²) in [7, 11) is 0. The van der Waals surface area contributed by atoms with E-state index < -0.39 is 0 Å². The summed E-state index contributed by atoms with van der Waals surface area (Å²) >= 11 is 0. The van der Waals surface area contributed by atoms with Gasteiger partial charge in [-0.05, 0) is 55.0 Å². The number of halogens is 1. The number of aryl methyl sites for hydroxylation is 1. The summed E-state index contributed by atoms with van der Waals surface area (Å²) in [6.45, 7) is 1.74. The average molecular weight is 305 g/mol. The Morgan fingerprint density at radius 1 is 1.04 bits per heavy atom. The number of nitrogens with zero attached hydrogens (tertiary/aromatic N) is 5. The number of rotatable bonds is 2.